The molecule has 2 heterocycles. The number of imidazole rings is 1. The Labute approximate surface area is 104 Å². The Balaban J connectivity index is 2.16. The van der Waals surface area contributed by atoms with Crippen molar-refractivity contribution in [2.24, 2.45) is 12.8 Å². The molecule has 1 unspecified atom stereocenters. The van der Waals surface area contributed by atoms with Gasteiger partial charge in [0.1, 0.15) is 5.82 Å². The molecule has 4 heteroatoms. The van der Waals surface area contributed by atoms with Gasteiger partial charge in [-0.25, -0.2) is 4.98 Å². The molecule has 96 valence electrons. The third-order valence-electron chi connectivity index (χ3n) is 4.07. The molecule has 0 saturated carbocycles. The van der Waals surface area contributed by atoms with Crippen LogP contribution in [-0.4, -0.2) is 33.1 Å². The number of hydrogen-bond donors (Lipinski definition) is 1. The first-order valence-electron chi connectivity index (χ1n) is 6.51. The highest BCUT2D eigenvalue weighted by Crippen LogP contribution is 2.30. The summed E-state index contributed by atoms with van der Waals surface area (Å²) in [5.41, 5.74) is 6.40. The van der Waals surface area contributed by atoms with Crippen molar-refractivity contribution in [3.8, 4) is 0 Å². The van der Waals surface area contributed by atoms with Gasteiger partial charge in [0.25, 0.3) is 0 Å². The van der Waals surface area contributed by atoms with Crippen LogP contribution in [0.2, 0.25) is 0 Å². The number of piperidine rings is 1. The minimum Gasteiger partial charge on any atom is -0.337 e. The third kappa shape index (κ3) is 2.38. The van der Waals surface area contributed by atoms with E-state index >= 15 is 0 Å². The molecule has 17 heavy (non-hydrogen) atoms. The Morgan fingerprint density at radius 3 is 2.47 bits per heavy atom. The highest BCUT2D eigenvalue weighted by molar-refractivity contribution is 5.07. The monoisotopic (exact) mass is 236 g/mol. The van der Waals surface area contributed by atoms with Crippen LogP contribution in [0.5, 0.6) is 0 Å². The summed E-state index contributed by atoms with van der Waals surface area (Å²) in [6, 6.07) is -0.0411. The van der Waals surface area contributed by atoms with Crippen molar-refractivity contribution in [1.82, 2.24) is 14.5 Å². The Bertz CT molecular complexity index is 363. The van der Waals surface area contributed by atoms with E-state index in [0.29, 0.717) is 0 Å². The van der Waals surface area contributed by atoms with E-state index < -0.39 is 0 Å². The van der Waals surface area contributed by atoms with Crippen LogP contribution in [-0.2, 0) is 7.05 Å². The first kappa shape index (κ1) is 12.6. The molecule has 0 aromatic carbocycles. The number of aromatic nitrogens is 2. The van der Waals surface area contributed by atoms with Crippen LogP contribution < -0.4 is 5.73 Å². The molecule has 1 aromatic rings. The van der Waals surface area contributed by atoms with Crippen LogP contribution in [0.15, 0.2) is 12.4 Å². The lowest BCUT2D eigenvalue weighted by Gasteiger charge is -2.44. The van der Waals surface area contributed by atoms with E-state index in [0.717, 1.165) is 18.9 Å². The van der Waals surface area contributed by atoms with Crippen molar-refractivity contribution in [3.63, 3.8) is 0 Å². The average molecular weight is 236 g/mol. The van der Waals surface area contributed by atoms with E-state index in [9.17, 15) is 0 Å². The van der Waals surface area contributed by atoms with Crippen molar-refractivity contribution in [3.05, 3.63) is 18.2 Å². The van der Waals surface area contributed by atoms with Gasteiger partial charge in [0, 0.05) is 25.0 Å². The number of aryl methyl sites for hydroxylation is 1. The second kappa shape index (κ2) is 4.78. The fraction of sp³-hybridized carbons (Fsp3) is 0.769. The number of nitrogens with zero attached hydrogens (tertiary/aromatic N) is 3. The average Bonchev–Trinajstić information content (AvgIpc) is 2.75. The van der Waals surface area contributed by atoms with E-state index in [1.54, 1.807) is 0 Å². The molecule has 0 bridgehead atoms. The Hall–Kier alpha value is -0.870. The first-order chi connectivity index (χ1) is 8.03. The molecule has 0 amide bonds. The van der Waals surface area contributed by atoms with Gasteiger partial charge in [-0.15, -0.1) is 0 Å². The molecule has 1 aliphatic heterocycles. The van der Waals surface area contributed by atoms with E-state index in [4.69, 9.17) is 5.73 Å². The second-order valence-corrected chi connectivity index (χ2v) is 5.58. The van der Waals surface area contributed by atoms with Gasteiger partial charge in [-0.05, 0) is 39.8 Å². The zero-order valence-corrected chi connectivity index (χ0v) is 11.2. The molecule has 1 saturated heterocycles. The van der Waals surface area contributed by atoms with Crippen molar-refractivity contribution >= 4 is 0 Å². The quantitative estimate of drug-likeness (QED) is 0.868. The molecule has 0 spiro atoms. The fourth-order valence-electron chi connectivity index (χ4n) is 2.66. The van der Waals surface area contributed by atoms with Crippen molar-refractivity contribution in [2.45, 2.75) is 44.7 Å². The van der Waals surface area contributed by atoms with Gasteiger partial charge >= 0.3 is 0 Å². The van der Waals surface area contributed by atoms with Crippen LogP contribution in [0, 0.1) is 0 Å². The van der Waals surface area contributed by atoms with Gasteiger partial charge in [0.15, 0.2) is 0 Å². The predicted molar refractivity (Wildman–Crippen MR) is 69.6 cm³/mol. The topological polar surface area (TPSA) is 47.1 Å². The van der Waals surface area contributed by atoms with Crippen LogP contribution >= 0.6 is 0 Å². The fourth-order valence-corrected chi connectivity index (χ4v) is 2.66. The minimum atomic E-state index is -0.0411. The Kier molecular flexibility index (Phi) is 3.54. The largest absolute Gasteiger partial charge is 0.337 e. The summed E-state index contributed by atoms with van der Waals surface area (Å²) in [6.07, 6.45) is 7.71. The van der Waals surface area contributed by atoms with E-state index in [-0.39, 0.29) is 11.6 Å². The number of hydrogen-bond acceptors (Lipinski definition) is 3. The zero-order valence-electron chi connectivity index (χ0n) is 11.2. The Morgan fingerprint density at radius 1 is 1.29 bits per heavy atom. The minimum absolute atomic E-state index is 0.0282. The normalized spacial score (nSPS) is 20.5. The second-order valence-electron chi connectivity index (χ2n) is 5.58. The maximum absolute atomic E-state index is 6.42. The maximum atomic E-state index is 6.42. The summed E-state index contributed by atoms with van der Waals surface area (Å²) >= 11 is 0. The first-order valence-corrected chi connectivity index (χ1v) is 6.51. The lowest BCUT2D eigenvalue weighted by Crippen LogP contribution is -2.53. The molecule has 2 rings (SSSR count). The predicted octanol–water partition coefficient (Wildman–Crippen LogP) is 1.68. The van der Waals surface area contributed by atoms with Crippen LogP contribution in [0.1, 0.15) is 45.0 Å². The molecule has 1 fully saturated rings. The summed E-state index contributed by atoms with van der Waals surface area (Å²) in [7, 11) is 2.01. The lowest BCUT2D eigenvalue weighted by molar-refractivity contribution is 0.0698. The molecule has 0 aliphatic carbocycles. The molecular weight excluding hydrogens is 212 g/mol. The summed E-state index contributed by atoms with van der Waals surface area (Å²) in [5.74, 6) is 0.973. The van der Waals surface area contributed by atoms with E-state index in [2.05, 4.69) is 23.7 Å². The molecule has 1 aliphatic rings. The molecular formula is C13H24N4. The highest BCUT2D eigenvalue weighted by Gasteiger charge is 2.36. The van der Waals surface area contributed by atoms with Gasteiger partial charge < -0.3 is 10.3 Å². The zero-order chi connectivity index (χ0) is 12.5. The van der Waals surface area contributed by atoms with E-state index in [1.165, 1.54) is 19.3 Å². The molecule has 1 atom stereocenters. The summed E-state index contributed by atoms with van der Waals surface area (Å²) in [4.78, 5) is 6.90. The van der Waals surface area contributed by atoms with Crippen molar-refractivity contribution in [1.29, 1.82) is 0 Å². The van der Waals surface area contributed by atoms with Gasteiger partial charge in [0.2, 0.25) is 0 Å². The molecule has 4 nitrogen and oxygen atoms in total. The van der Waals surface area contributed by atoms with E-state index in [1.807, 2.05) is 24.0 Å². The number of likely N-dealkylation sites (tertiary alicyclic amines) is 1. The van der Waals surface area contributed by atoms with Crippen molar-refractivity contribution in [2.75, 3.05) is 13.1 Å². The van der Waals surface area contributed by atoms with Gasteiger partial charge in [0.05, 0.1) is 6.04 Å². The van der Waals surface area contributed by atoms with Crippen molar-refractivity contribution < 1.29 is 0 Å². The standard InChI is InChI=1S/C13H24N4/c1-13(2,17-8-5-4-6-9-17)11(14)12-15-7-10-16(12)3/h7,10-11H,4-6,8-9,14H2,1-3H3. The molecule has 0 radical (unpaired) electrons. The third-order valence-corrected chi connectivity index (χ3v) is 4.07. The highest BCUT2D eigenvalue weighted by atomic mass is 15.2. The summed E-state index contributed by atoms with van der Waals surface area (Å²) < 4.78 is 2.02. The molecule has 1 aromatic heterocycles. The maximum Gasteiger partial charge on any atom is 0.127 e. The lowest BCUT2D eigenvalue weighted by atomic mass is 9.90. The van der Waals surface area contributed by atoms with Crippen LogP contribution in [0.25, 0.3) is 0 Å². The van der Waals surface area contributed by atoms with Crippen LogP contribution in [0.4, 0.5) is 0 Å². The number of rotatable bonds is 3. The summed E-state index contributed by atoms with van der Waals surface area (Å²) in [5, 5.41) is 0. The van der Waals surface area contributed by atoms with Gasteiger partial charge in [-0.1, -0.05) is 6.42 Å². The smallest absolute Gasteiger partial charge is 0.127 e. The summed E-state index contributed by atoms with van der Waals surface area (Å²) in [6.45, 7) is 6.78. The van der Waals surface area contributed by atoms with Gasteiger partial charge in [-0.3, -0.25) is 4.90 Å². The SMILES string of the molecule is Cn1ccnc1C(N)C(C)(C)N1CCCCC1. The van der Waals surface area contributed by atoms with Crippen LogP contribution in [0.3, 0.4) is 0 Å². The van der Waals surface area contributed by atoms with Gasteiger partial charge in [-0.2, -0.15) is 0 Å². The number of nitrogens with two attached hydrogens (primary N) is 1. The Morgan fingerprint density at radius 2 is 1.94 bits per heavy atom. The molecule has 2 N–H and O–H groups in total.